The Kier molecular flexibility index (Phi) is 2.78. The number of hydrogen-bond donors (Lipinski definition) is 0. The molecule has 0 aromatic heterocycles. The minimum Gasteiger partial charge on any atom is -0.289 e. The molecule has 0 unspecified atom stereocenters. The number of hydrogen-bond acceptors (Lipinski definition) is 1. The molecular formula is C13H14O. The largest absolute Gasteiger partial charge is 0.289 e. The van der Waals surface area contributed by atoms with E-state index in [4.69, 9.17) is 0 Å². The summed E-state index contributed by atoms with van der Waals surface area (Å²) in [6.07, 6.45) is 6.50. The maximum atomic E-state index is 11.9. The second-order valence-electron chi connectivity index (χ2n) is 3.67. The first-order chi connectivity index (χ1) is 6.88. The van der Waals surface area contributed by atoms with Crippen LogP contribution in [-0.2, 0) is 0 Å². The highest BCUT2D eigenvalue weighted by atomic mass is 16.1. The van der Waals surface area contributed by atoms with Gasteiger partial charge in [0.15, 0.2) is 5.78 Å². The van der Waals surface area contributed by atoms with E-state index in [1.165, 1.54) is 6.42 Å². The van der Waals surface area contributed by atoms with Gasteiger partial charge in [0.1, 0.15) is 0 Å². The third-order valence-electron chi connectivity index (χ3n) is 2.62. The number of benzene rings is 1. The van der Waals surface area contributed by atoms with Crippen LogP contribution in [0.5, 0.6) is 0 Å². The Morgan fingerprint density at radius 3 is 2.50 bits per heavy atom. The minimum atomic E-state index is 0.213. The first-order valence-electron chi connectivity index (χ1n) is 5.17. The Labute approximate surface area is 84.5 Å². The third kappa shape index (κ3) is 1.92. The molecule has 0 N–H and O–H groups in total. The van der Waals surface area contributed by atoms with Crippen LogP contribution < -0.4 is 0 Å². The topological polar surface area (TPSA) is 17.1 Å². The summed E-state index contributed by atoms with van der Waals surface area (Å²) in [5.41, 5.74) is 1.82. The molecule has 1 aromatic rings. The van der Waals surface area contributed by atoms with Gasteiger partial charge in [-0.3, -0.25) is 4.79 Å². The van der Waals surface area contributed by atoms with Gasteiger partial charge < -0.3 is 0 Å². The first kappa shape index (κ1) is 9.20. The molecule has 1 nitrogen and oxygen atoms in total. The fourth-order valence-corrected chi connectivity index (χ4v) is 1.82. The molecule has 0 amide bonds. The molecule has 0 radical (unpaired) electrons. The lowest BCUT2D eigenvalue weighted by atomic mass is 9.93. The number of rotatable bonds is 2. The van der Waals surface area contributed by atoms with Crippen molar-refractivity contribution in [2.45, 2.75) is 25.7 Å². The van der Waals surface area contributed by atoms with Gasteiger partial charge in [-0.25, -0.2) is 0 Å². The van der Waals surface area contributed by atoms with Crippen molar-refractivity contribution in [3.63, 3.8) is 0 Å². The molecule has 0 heterocycles. The lowest BCUT2D eigenvalue weighted by Gasteiger charge is -2.11. The smallest absolute Gasteiger partial charge is 0.188 e. The van der Waals surface area contributed by atoms with Crippen LogP contribution >= 0.6 is 0 Å². The molecule has 1 heteroatoms. The Balaban J connectivity index is 2.20. The summed E-state index contributed by atoms with van der Waals surface area (Å²) in [5, 5.41) is 0. The number of Topliss-reactive ketones (excluding diaryl/α,β-unsaturated/α-hetero) is 1. The maximum absolute atomic E-state index is 11.9. The van der Waals surface area contributed by atoms with E-state index in [9.17, 15) is 4.79 Å². The van der Waals surface area contributed by atoms with Crippen LogP contribution in [0.3, 0.4) is 0 Å². The van der Waals surface area contributed by atoms with Crippen LogP contribution in [-0.4, -0.2) is 5.78 Å². The molecule has 2 rings (SSSR count). The molecule has 14 heavy (non-hydrogen) atoms. The third-order valence-corrected chi connectivity index (χ3v) is 2.62. The lowest BCUT2D eigenvalue weighted by molar-refractivity contribution is 0.102. The van der Waals surface area contributed by atoms with E-state index in [-0.39, 0.29) is 5.78 Å². The van der Waals surface area contributed by atoms with Gasteiger partial charge in [-0.05, 0) is 31.3 Å². The van der Waals surface area contributed by atoms with Crippen LogP contribution in [0.15, 0.2) is 42.0 Å². The van der Waals surface area contributed by atoms with Gasteiger partial charge in [0.2, 0.25) is 0 Å². The van der Waals surface area contributed by atoms with Crippen molar-refractivity contribution in [1.82, 2.24) is 0 Å². The second-order valence-corrected chi connectivity index (χ2v) is 3.67. The molecule has 1 aromatic carbocycles. The molecule has 72 valence electrons. The van der Waals surface area contributed by atoms with Crippen molar-refractivity contribution >= 4 is 5.78 Å². The van der Waals surface area contributed by atoms with Gasteiger partial charge in [-0.2, -0.15) is 0 Å². The number of carbonyl (C=O) groups excluding carboxylic acids is 1. The molecule has 0 saturated carbocycles. The fraction of sp³-hybridized carbons (Fsp3) is 0.308. The van der Waals surface area contributed by atoms with Crippen LogP contribution in [0.1, 0.15) is 36.0 Å². The highest BCUT2D eigenvalue weighted by Gasteiger charge is 2.13. The predicted molar refractivity (Wildman–Crippen MR) is 57.3 cm³/mol. The van der Waals surface area contributed by atoms with E-state index in [0.29, 0.717) is 0 Å². The summed E-state index contributed by atoms with van der Waals surface area (Å²) in [6.45, 7) is 0. The van der Waals surface area contributed by atoms with E-state index in [0.717, 1.165) is 30.4 Å². The molecule has 1 aliphatic rings. The van der Waals surface area contributed by atoms with E-state index in [1.54, 1.807) is 0 Å². The molecular weight excluding hydrogens is 172 g/mol. The first-order valence-corrected chi connectivity index (χ1v) is 5.17. The van der Waals surface area contributed by atoms with E-state index in [2.05, 4.69) is 6.08 Å². The molecule has 0 bridgehead atoms. The standard InChI is InChI=1S/C13H14O/c14-13(11-7-3-1-4-8-11)12-9-5-2-6-10-12/h1,3-4,7-9H,2,5-6,10H2. The van der Waals surface area contributed by atoms with Gasteiger partial charge in [-0.15, -0.1) is 0 Å². The summed E-state index contributed by atoms with van der Waals surface area (Å²) in [4.78, 5) is 11.9. The average molecular weight is 186 g/mol. The highest BCUT2D eigenvalue weighted by Crippen LogP contribution is 2.20. The van der Waals surface area contributed by atoms with Crippen molar-refractivity contribution in [3.8, 4) is 0 Å². The van der Waals surface area contributed by atoms with Gasteiger partial charge in [-0.1, -0.05) is 36.4 Å². The SMILES string of the molecule is O=C(C1=CCCCC1)c1ccccc1. The van der Waals surface area contributed by atoms with E-state index >= 15 is 0 Å². The number of allylic oxidation sites excluding steroid dienone is 2. The molecule has 1 aliphatic carbocycles. The Morgan fingerprint density at radius 1 is 1.07 bits per heavy atom. The summed E-state index contributed by atoms with van der Waals surface area (Å²) < 4.78 is 0. The zero-order chi connectivity index (χ0) is 9.80. The predicted octanol–water partition coefficient (Wildman–Crippen LogP) is 3.37. The van der Waals surface area contributed by atoms with Gasteiger partial charge in [0.05, 0.1) is 0 Å². The number of ketones is 1. The van der Waals surface area contributed by atoms with Crippen LogP contribution in [0.4, 0.5) is 0 Å². The zero-order valence-electron chi connectivity index (χ0n) is 8.20. The van der Waals surface area contributed by atoms with E-state index in [1.807, 2.05) is 30.3 Å². The molecule has 0 aliphatic heterocycles. The Hall–Kier alpha value is -1.37. The van der Waals surface area contributed by atoms with Gasteiger partial charge in [0.25, 0.3) is 0 Å². The van der Waals surface area contributed by atoms with Gasteiger partial charge >= 0.3 is 0 Å². The molecule has 0 saturated heterocycles. The summed E-state index contributed by atoms with van der Waals surface area (Å²) in [7, 11) is 0. The minimum absolute atomic E-state index is 0.213. The van der Waals surface area contributed by atoms with Crippen molar-refractivity contribution in [2.24, 2.45) is 0 Å². The second kappa shape index (κ2) is 4.23. The Morgan fingerprint density at radius 2 is 1.86 bits per heavy atom. The zero-order valence-corrected chi connectivity index (χ0v) is 8.20. The highest BCUT2D eigenvalue weighted by molar-refractivity contribution is 6.08. The molecule has 0 fully saturated rings. The Bertz CT molecular complexity index is 349. The average Bonchev–Trinajstić information content (AvgIpc) is 2.30. The summed E-state index contributed by atoms with van der Waals surface area (Å²) >= 11 is 0. The van der Waals surface area contributed by atoms with Crippen molar-refractivity contribution in [1.29, 1.82) is 0 Å². The quantitative estimate of drug-likeness (QED) is 0.647. The normalized spacial score (nSPS) is 16.1. The summed E-state index contributed by atoms with van der Waals surface area (Å²) in [5.74, 6) is 0.213. The van der Waals surface area contributed by atoms with Crippen LogP contribution in [0, 0.1) is 0 Å². The fourth-order valence-electron chi connectivity index (χ4n) is 1.82. The van der Waals surface area contributed by atoms with Crippen molar-refractivity contribution in [2.75, 3.05) is 0 Å². The number of carbonyl (C=O) groups is 1. The monoisotopic (exact) mass is 186 g/mol. The van der Waals surface area contributed by atoms with Crippen molar-refractivity contribution in [3.05, 3.63) is 47.5 Å². The maximum Gasteiger partial charge on any atom is 0.188 e. The van der Waals surface area contributed by atoms with Crippen molar-refractivity contribution < 1.29 is 4.79 Å². The summed E-state index contributed by atoms with van der Waals surface area (Å²) in [6, 6.07) is 9.54. The van der Waals surface area contributed by atoms with Gasteiger partial charge in [0, 0.05) is 5.56 Å². The molecule has 0 atom stereocenters. The van der Waals surface area contributed by atoms with E-state index < -0.39 is 0 Å². The van der Waals surface area contributed by atoms with Crippen LogP contribution in [0.2, 0.25) is 0 Å². The lowest BCUT2D eigenvalue weighted by Crippen LogP contribution is -2.05. The molecule has 0 spiro atoms. The van der Waals surface area contributed by atoms with Crippen LogP contribution in [0.25, 0.3) is 0 Å².